The van der Waals surface area contributed by atoms with Crippen LogP contribution in [-0.4, -0.2) is 35.0 Å². The van der Waals surface area contributed by atoms with E-state index in [1.54, 1.807) is 35.9 Å². The molecule has 1 amide bonds. The van der Waals surface area contributed by atoms with Crippen molar-refractivity contribution in [2.24, 2.45) is 0 Å². The van der Waals surface area contributed by atoms with Crippen LogP contribution in [-0.2, 0) is 4.79 Å². The van der Waals surface area contributed by atoms with Crippen molar-refractivity contribution < 1.29 is 9.21 Å². The van der Waals surface area contributed by atoms with Crippen LogP contribution in [0, 0.1) is 0 Å². The molecule has 0 bridgehead atoms. The molecule has 6 nitrogen and oxygen atoms in total. The van der Waals surface area contributed by atoms with Crippen molar-refractivity contribution in [3.05, 3.63) is 60.1 Å². The largest absolute Gasteiger partial charge is 0.465 e. The number of carbonyl (C=O) groups excluding carboxylic acids is 1. The van der Waals surface area contributed by atoms with Gasteiger partial charge in [0, 0.05) is 48.5 Å². The first-order valence-corrected chi connectivity index (χ1v) is 9.79. The van der Waals surface area contributed by atoms with Crippen LogP contribution in [0.1, 0.15) is 18.6 Å². The number of piperidine rings is 1. The maximum atomic E-state index is 12.0. The first-order chi connectivity index (χ1) is 13.3. The smallest absolute Gasteiger partial charge is 0.244 e. The summed E-state index contributed by atoms with van der Waals surface area (Å²) in [6.07, 6.45) is 10.2. The summed E-state index contributed by atoms with van der Waals surface area (Å²) in [6.45, 7) is 1.76. The summed E-state index contributed by atoms with van der Waals surface area (Å²) < 4.78 is 5.19. The lowest BCUT2D eigenvalue weighted by atomic mass is 10.1. The summed E-state index contributed by atoms with van der Waals surface area (Å²) >= 11 is 1.65. The minimum atomic E-state index is -0.0852. The second kappa shape index (κ2) is 8.18. The zero-order chi connectivity index (χ0) is 18.5. The van der Waals surface area contributed by atoms with Crippen LogP contribution >= 0.6 is 11.3 Å². The molecule has 27 heavy (non-hydrogen) atoms. The summed E-state index contributed by atoms with van der Waals surface area (Å²) in [5, 5.41) is 6.16. The molecule has 138 valence electrons. The Morgan fingerprint density at radius 2 is 2.19 bits per heavy atom. The highest BCUT2D eigenvalue weighted by atomic mass is 32.1. The average molecular weight is 380 g/mol. The van der Waals surface area contributed by atoms with Crippen molar-refractivity contribution in [3.63, 3.8) is 0 Å². The fraction of sp³-hybridized carbons (Fsp3) is 0.250. The Labute approximate surface area is 161 Å². The number of rotatable bonds is 5. The van der Waals surface area contributed by atoms with Gasteiger partial charge >= 0.3 is 0 Å². The number of thiazole rings is 1. The number of hydrogen-bond donors (Lipinski definition) is 1. The van der Waals surface area contributed by atoms with Crippen LogP contribution in [0.5, 0.6) is 0 Å². The van der Waals surface area contributed by atoms with Gasteiger partial charge in [-0.2, -0.15) is 0 Å². The number of pyridine rings is 1. The summed E-state index contributed by atoms with van der Waals surface area (Å²) in [5.74, 6) is 0.589. The molecule has 0 atom stereocenters. The molecule has 0 spiro atoms. The second-order valence-electron chi connectivity index (χ2n) is 6.38. The van der Waals surface area contributed by atoms with Crippen molar-refractivity contribution in [1.29, 1.82) is 0 Å². The number of hydrogen-bond acceptors (Lipinski definition) is 6. The molecule has 0 aliphatic carbocycles. The Kier molecular flexibility index (Phi) is 5.29. The molecule has 4 rings (SSSR count). The topological polar surface area (TPSA) is 71.3 Å². The van der Waals surface area contributed by atoms with E-state index in [0.717, 1.165) is 42.3 Å². The van der Waals surface area contributed by atoms with E-state index in [4.69, 9.17) is 9.40 Å². The first-order valence-electron chi connectivity index (χ1n) is 8.91. The third-order valence-electron chi connectivity index (χ3n) is 4.50. The number of amides is 1. The normalized spacial score (nSPS) is 15.3. The molecule has 1 N–H and O–H groups in total. The summed E-state index contributed by atoms with van der Waals surface area (Å²) in [7, 11) is 0. The molecular weight excluding hydrogens is 360 g/mol. The van der Waals surface area contributed by atoms with Crippen LogP contribution < -0.4 is 10.2 Å². The first kappa shape index (κ1) is 17.5. The maximum Gasteiger partial charge on any atom is 0.244 e. The fourth-order valence-electron chi connectivity index (χ4n) is 3.06. The molecule has 3 aromatic heterocycles. The molecule has 0 unspecified atom stereocenters. The Bertz CT molecular complexity index is 897. The zero-order valence-electron chi connectivity index (χ0n) is 14.7. The van der Waals surface area contributed by atoms with Crippen LogP contribution in [0.3, 0.4) is 0 Å². The van der Waals surface area contributed by atoms with E-state index in [2.05, 4.69) is 20.6 Å². The quantitative estimate of drug-likeness (QED) is 0.685. The van der Waals surface area contributed by atoms with Gasteiger partial charge in [0.25, 0.3) is 0 Å². The molecule has 0 radical (unpaired) electrons. The van der Waals surface area contributed by atoms with E-state index < -0.39 is 0 Å². The van der Waals surface area contributed by atoms with Gasteiger partial charge in [0.15, 0.2) is 5.13 Å². The highest BCUT2D eigenvalue weighted by Crippen LogP contribution is 2.28. The van der Waals surface area contributed by atoms with Crippen molar-refractivity contribution in [1.82, 2.24) is 15.3 Å². The van der Waals surface area contributed by atoms with Crippen molar-refractivity contribution >= 4 is 28.5 Å². The molecule has 1 fully saturated rings. The molecule has 1 aliphatic heterocycles. The number of carbonyl (C=O) groups is 1. The van der Waals surface area contributed by atoms with Gasteiger partial charge in [0.2, 0.25) is 5.91 Å². The minimum absolute atomic E-state index is 0.0852. The van der Waals surface area contributed by atoms with E-state index in [1.807, 2.05) is 24.4 Å². The number of anilines is 1. The lowest BCUT2D eigenvalue weighted by Gasteiger charge is -2.31. The highest BCUT2D eigenvalue weighted by Gasteiger charge is 2.22. The van der Waals surface area contributed by atoms with Gasteiger partial charge in [0.1, 0.15) is 5.76 Å². The van der Waals surface area contributed by atoms with E-state index in [1.165, 1.54) is 6.08 Å². The van der Waals surface area contributed by atoms with Gasteiger partial charge in [-0.05, 0) is 43.2 Å². The van der Waals surface area contributed by atoms with E-state index in [0.29, 0.717) is 5.76 Å². The van der Waals surface area contributed by atoms with Gasteiger partial charge in [-0.15, -0.1) is 11.3 Å². The zero-order valence-corrected chi connectivity index (χ0v) is 15.6. The molecule has 3 aromatic rings. The molecule has 7 heteroatoms. The Hall–Kier alpha value is -2.93. The lowest BCUT2D eigenvalue weighted by molar-refractivity contribution is -0.117. The summed E-state index contributed by atoms with van der Waals surface area (Å²) in [6, 6.07) is 7.74. The van der Waals surface area contributed by atoms with Crippen LogP contribution in [0.25, 0.3) is 17.3 Å². The second-order valence-corrected chi connectivity index (χ2v) is 7.21. The van der Waals surface area contributed by atoms with Crippen LogP contribution in [0.15, 0.2) is 58.8 Å². The Balaban J connectivity index is 1.29. The van der Waals surface area contributed by atoms with Gasteiger partial charge in [-0.3, -0.25) is 9.78 Å². The molecule has 1 aliphatic rings. The minimum Gasteiger partial charge on any atom is -0.465 e. The van der Waals surface area contributed by atoms with E-state index >= 15 is 0 Å². The highest BCUT2D eigenvalue weighted by molar-refractivity contribution is 7.14. The molecule has 1 saturated heterocycles. The Morgan fingerprint density at radius 3 is 2.93 bits per heavy atom. The van der Waals surface area contributed by atoms with Crippen molar-refractivity contribution in [3.8, 4) is 11.3 Å². The number of aromatic nitrogens is 2. The van der Waals surface area contributed by atoms with Crippen molar-refractivity contribution in [2.75, 3.05) is 18.0 Å². The van der Waals surface area contributed by atoms with E-state index in [9.17, 15) is 4.79 Å². The lowest BCUT2D eigenvalue weighted by Crippen LogP contribution is -2.44. The Morgan fingerprint density at radius 1 is 1.30 bits per heavy atom. The van der Waals surface area contributed by atoms with Gasteiger partial charge in [-0.1, -0.05) is 0 Å². The predicted molar refractivity (Wildman–Crippen MR) is 106 cm³/mol. The standard InChI is InChI=1S/C20H20N4O2S/c25-19(6-5-17-4-2-12-26-17)22-16-7-10-24(11-8-16)20-23-18(14-27-20)15-3-1-9-21-13-15/h1-6,9,12-14,16H,7-8,10-11H2,(H,22,25). The predicted octanol–water partition coefficient (Wildman–Crippen LogP) is 3.60. The number of nitrogens with zero attached hydrogens (tertiary/aromatic N) is 3. The number of furan rings is 1. The molecular formula is C20H20N4O2S. The van der Waals surface area contributed by atoms with Crippen LogP contribution in [0.4, 0.5) is 5.13 Å². The fourth-order valence-corrected chi connectivity index (χ4v) is 3.95. The summed E-state index contributed by atoms with van der Waals surface area (Å²) in [5.41, 5.74) is 1.99. The molecule has 0 saturated carbocycles. The monoisotopic (exact) mass is 380 g/mol. The SMILES string of the molecule is O=C(C=Cc1ccco1)NC1CCN(c2nc(-c3cccnc3)cs2)CC1. The van der Waals surface area contributed by atoms with Gasteiger partial charge < -0.3 is 14.6 Å². The maximum absolute atomic E-state index is 12.0. The summed E-state index contributed by atoms with van der Waals surface area (Å²) in [4.78, 5) is 23.2. The third kappa shape index (κ3) is 4.43. The van der Waals surface area contributed by atoms with Crippen LogP contribution in [0.2, 0.25) is 0 Å². The van der Waals surface area contributed by atoms with Gasteiger partial charge in [-0.25, -0.2) is 4.98 Å². The third-order valence-corrected chi connectivity index (χ3v) is 5.40. The van der Waals surface area contributed by atoms with Gasteiger partial charge in [0.05, 0.1) is 12.0 Å². The van der Waals surface area contributed by atoms with E-state index in [-0.39, 0.29) is 11.9 Å². The number of nitrogens with one attached hydrogen (secondary N) is 1. The average Bonchev–Trinajstić information content (AvgIpc) is 3.40. The molecule has 4 heterocycles. The molecule has 0 aromatic carbocycles. The van der Waals surface area contributed by atoms with Crippen molar-refractivity contribution in [2.45, 2.75) is 18.9 Å².